The lowest BCUT2D eigenvalue weighted by Gasteiger charge is -2.61. The van der Waals surface area contributed by atoms with Gasteiger partial charge in [-0.3, -0.25) is 28.8 Å². The summed E-state index contributed by atoms with van der Waals surface area (Å²) < 4.78 is 112. The van der Waals surface area contributed by atoms with Gasteiger partial charge >= 0.3 is 36.2 Å². The number of rotatable bonds is 16. The van der Waals surface area contributed by atoms with Crippen LogP contribution in [-0.2, 0) is 85.4 Å². The van der Waals surface area contributed by atoms with Crippen molar-refractivity contribution in [2.75, 3.05) is 13.2 Å². The number of imide groups is 2. The Labute approximate surface area is 487 Å². The van der Waals surface area contributed by atoms with Gasteiger partial charge in [0.1, 0.15) is 28.6 Å². The smallest absolute Gasteiger partial charge is 0.452 e. The van der Waals surface area contributed by atoms with E-state index in [1.807, 2.05) is 69.2 Å². The average Bonchev–Trinajstić information content (AvgIpc) is 1.29. The van der Waals surface area contributed by atoms with Crippen LogP contribution in [0.1, 0.15) is 156 Å². The van der Waals surface area contributed by atoms with Gasteiger partial charge in [-0.2, -0.15) is 31.2 Å². The van der Waals surface area contributed by atoms with Gasteiger partial charge in [0.05, 0.1) is 13.2 Å². The molecule has 0 spiro atoms. The second-order valence-electron chi connectivity index (χ2n) is 24.3. The molecule has 28 heteroatoms. The lowest BCUT2D eigenvalue weighted by molar-refractivity contribution is -0.626. The van der Waals surface area contributed by atoms with Crippen LogP contribution in [0.25, 0.3) is 28.3 Å². The minimum Gasteiger partial charge on any atom is -0.492 e. The summed E-state index contributed by atoms with van der Waals surface area (Å²) in [6.07, 6.45) is -11.1. The number of alkyl halides is 6. The zero-order valence-corrected chi connectivity index (χ0v) is 48.5. The number of halogens is 6. The molecular weight excluding hydrogens is 1150 g/mol. The molecule has 4 aromatic rings. The number of nitrogens with zero attached hydrogens (tertiary/aromatic N) is 4. The number of amides is 4. The highest BCUT2D eigenvalue weighted by atomic mass is 19.4. The van der Waals surface area contributed by atoms with Crippen LogP contribution in [0.4, 0.5) is 26.3 Å². The van der Waals surface area contributed by atoms with Crippen LogP contribution in [-0.4, -0.2) is 86.8 Å². The predicted octanol–water partition coefficient (Wildman–Crippen LogP) is 10.9. The van der Waals surface area contributed by atoms with E-state index < -0.39 is 93.6 Å². The topological polar surface area (TPSA) is 269 Å². The first-order valence-electron chi connectivity index (χ1n) is 27.2. The van der Waals surface area contributed by atoms with E-state index in [1.54, 1.807) is 12.1 Å². The van der Waals surface area contributed by atoms with Crippen molar-refractivity contribution >= 4 is 53.3 Å². The molecule has 0 bridgehead atoms. The Morgan fingerprint density at radius 3 is 1.43 bits per heavy atom. The van der Waals surface area contributed by atoms with Gasteiger partial charge in [0, 0.05) is 102 Å². The number of carbonyl (C=O) groups is 8. The summed E-state index contributed by atoms with van der Waals surface area (Å²) in [6.45, 7) is 20.7. The molecule has 2 aromatic heterocycles. The lowest BCUT2D eigenvalue weighted by Crippen LogP contribution is -2.73. The van der Waals surface area contributed by atoms with Gasteiger partial charge in [0.2, 0.25) is 11.5 Å². The molecule has 22 nitrogen and oxygen atoms in total. The maximum Gasteiger partial charge on any atom is 0.452 e. The van der Waals surface area contributed by atoms with E-state index in [0.29, 0.717) is 45.8 Å². The molecule has 0 N–H and O–H groups in total. The van der Waals surface area contributed by atoms with E-state index in [9.17, 15) is 64.7 Å². The third-order valence-electron chi connectivity index (χ3n) is 14.7. The average molecular weight is 1220 g/mol. The minimum atomic E-state index is -4.80. The Morgan fingerprint density at radius 1 is 0.581 bits per heavy atom. The summed E-state index contributed by atoms with van der Waals surface area (Å²) in [7, 11) is 0. The Balaban J connectivity index is 0.000000224. The SMILES string of the molecule is CC(C)(C)C12OOC1(c1ccc(-c3cc(C(F)(F)F)on3)c(OC(=O)CCCC(=O)ON3C(=O)CCC3=O)c1)OCC2(C)C.CC(C)(C)C1=C(c2ccc(-c3cc(C(F)(F)F)on3)c(OC(=O)CCCC(=O)ON3C(=O)CCC3=O)c2)OCC1(C)C. The van der Waals surface area contributed by atoms with Crippen molar-refractivity contribution in [3.05, 3.63) is 76.8 Å². The number of hydrogen-bond acceptors (Lipinski definition) is 20. The van der Waals surface area contributed by atoms with Crippen molar-refractivity contribution < 1.29 is 112 Å². The van der Waals surface area contributed by atoms with Gasteiger partial charge in [0.25, 0.3) is 29.4 Å². The fraction of sp³-hybridized carbons (Fsp3) is 0.517. The van der Waals surface area contributed by atoms with Gasteiger partial charge in [-0.15, -0.1) is 10.1 Å². The van der Waals surface area contributed by atoms with Gasteiger partial charge in [-0.1, -0.05) is 91.7 Å². The zero-order valence-electron chi connectivity index (χ0n) is 48.5. The Kier molecular flexibility index (Phi) is 17.4. The molecule has 7 heterocycles. The monoisotopic (exact) mass is 1220 g/mol. The molecule has 4 saturated heterocycles. The third kappa shape index (κ3) is 12.8. The van der Waals surface area contributed by atoms with Crippen molar-refractivity contribution in [3.63, 3.8) is 0 Å². The van der Waals surface area contributed by atoms with Crippen LogP contribution in [0.2, 0.25) is 0 Å². The van der Waals surface area contributed by atoms with Crippen LogP contribution in [0.15, 0.2) is 63.2 Å². The molecule has 464 valence electrons. The van der Waals surface area contributed by atoms with Crippen LogP contribution in [0, 0.1) is 21.7 Å². The molecule has 9 rings (SSSR count). The number of benzene rings is 2. The summed E-state index contributed by atoms with van der Waals surface area (Å²) in [6, 6.07) is 10.4. The summed E-state index contributed by atoms with van der Waals surface area (Å²) in [5.74, 6) is -9.65. The summed E-state index contributed by atoms with van der Waals surface area (Å²) in [4.78, 5) is 117. The quantitative estimate of drug-likeness (QED) is 0.0331. The van der Waals surface area contributed by atoms with Crippen LogP contribution < -0.4 is 9.47 Å². The Bertz CT molecular complexity index is 3370. The van der Waals surface area contributed by atoms with Gasteiger partial charge < -0.3 is 37.7 Å². The molecule has 4 amide bonds. The number of ether oxygens (including phenoxy) is 4. The van der Waals surface area contributed by atoms with Crippen molar-refractivity contribution in [2.24, 2.45) is 21.7 Å². The fourth-order valence-corrected chi connectivity index (χ4v) is 11.3. The molecule has 4 fully saturated rings. The van der Waals surface area contributed by atoms with Gasteiger partial charge in [-0.05, 0) is 48.1 Å². The molecule has 5 aliphatic rings. The first-order chi connectivity index (χ1) is 39.9. The van der Waals surface area contributed by atoms with Crippen LogP contribution >= 0.6 is 0 Å². The maximum absolute atomic E-state index is 13.3. The van der Waals surface area contributed by atoms with E-state index in [-0.39, 0.29) is 116 Å². The molecule has 0 saturated carbocycles. The van der Waals surface area contributed by atoms with Gasteiger partial charge in [-0.25, -0.2) is 14.5 Å². The van der Waals surface area contributed by atoms with Crippen LogP contribution in [0.5, 0.6) is 11.5 Å². The standard InChI is InChI=1S/C29H31F3N2O10.C29H31F3N2O8/c1-25(2,3)29-26(4,5)15-39-27(29,43-44-29)16-9-10-17(18-14-20(41-33-18)28(30,31)32)19(13-16)40-23(37)7-6-8-24(38)42-34-21(35)11-12-22(34)36;1-27(2,3)26-25(39-15-28(26,4)5)16-9-10-17(18-14-20(41-33-18)29(30,31)32)19(13-16)40-23(37)7-6-8-24(38)42-34-21(35)11-12-22(34)36/h9-10,13-14H,6-8,11-12,15H2,1-5H3;9-10,13-14H,6-8,11-12,15H2,1-5H3. The third-order valence-corrected chi connectivity index (χ3v) is 14.7. The fourth-order valence-electron chi connectivity index (χ4n) is 11.3. The Morgan fingerprint density at radius 2 is 1.02 bits per heavy atom. The highest BCUT2D eigenvalue weighted by Crippen LogP contribution is 2.69. The normalized spacial score (nSPS) is 21.0. The molecule has 86 heavy (non-hydrogen) atoms. The van der Waals surface area contributed by atoms with E-state index in [2.05, 4.69) is 19.4 Å². The highest BCUT2D eigenvalue weighted by Gasteiger charge is 2.81. The Hall–Kier alpha value is -7.98. The molecule has 2 aromatic carbocycles. The zero-order chi connectivity index (χ0) is 63.3. The van der Waals surface area contributed by atoms with Crippen molar-refractivity contribution in [3.8, 4) is 34.0 Å². The number of fused-ring (bicyclic) bond motifs is 1. The van der Waals surface area contributed by atoms with Crippen molar-refractivity contribution in [1.29, 1.82) is 0 Å². The first kappa shape index (κ1) is 64.0. The van der Waals surface area contributed by atoms with Crippen LogP contribution in [0.3, 0.4) is 0 Å². The summed E-state index contributed by atoms with van der Waals surface area (Å²) in [5.41, 5.74) is -1.01. The highest BCUT2D eigenvalue weighted by molar-refractivity contribution is 6.02. The second-order valence-corrected chi connectivity index (χ2v) is 24.3. The largest absolute Gasteiger partial charge is 0.492 e. The van der Waals surface area contributed by atoms with E-state index >= 15 is 0 Å². The van der Waals surface area contributed by atoms with Crippen molar-refractivity contribution in [2.45, 2.75) is 157 Å². The molecular formula is C58H62F6N4O18. The van der Waals surface area contributed by atoms with E-state index in [0.717, 1.165) is 5.57 Å². The second kappa shape index (κ2) is 23.4. The first-order valence-corrected chi connectivity index (χ1v) is 27.2. The maximum atomic E-state index is 13.3. The number of hydroxylamine groups is 4. The van der Waals surface area contributed by atoms with Gasteiger partial charge in [0.15, 0.2) is 5.60 Å². The number of esters is 2. The number of carbonyl (C=O) groups excluding carboxylic acids is 8. The molecule has 0 aliphatic carbocycles. The summed E-state index contributed by atoms with van der Waals surface area (Å²) in [5, 5.41) is 7.86. The molecule has 2 unspecified atom stereocenters. The molecule has 2 atom stereocenters. The minimum absolute atomic E-state index is 0.0158. The molecule has 0 radical (unpaired) electrons. The summed E-state index contributed by atoms with van der Waals surface area (Å²) >= 11 is 0. The number of aromatic nitrogens is 2. The lowest BCUT2D eigenvalue weighted by atomic mass is 9.57. The predicted molar refractivity (Wildman–Crippen MR) is 279 cm³/mol. The molecule has 5 aliphatic heterocycles. The van der Waals surface area contributed by atoms with E-state index in [1.165, 1.54) is 24.3 Å². The number of hydrogen-bond donors (Lipinski definition) is 0. The van der Waals surface area contributed by atoms with E-state index in [4.69, 9.17) is 38.4 Å². The van der Waals surface area contributed by atoms with Crippen molar-refractivity contribution in [1.82, 2.24) is 20.4 Å².